The lowest BCUT2D eigenvalue weighted by Gasteiger charge is -2.28. The number of hydrogen-bond acceptors (Lipinski definition) is 4. The van der Waals surface area contributed by atoms with E-state index in [-0.39, 0.29) is 5.91 Å². The van der Waals surface area contributed by atoms with Gasteiger partial charge in [0.05, 0.1) is 6.54 Å². The zero-order chi connectivity index (χ0) is 17.4. The lowest BCUT2D eigenvalue weighted by molar-refractivity contribution is 0.0721. The van der Waals surface area contributed by atoms with Crippen LogP contribution >= 0.6 is 11.6 Å². The van der Waals surface area contributed by atoms with E-state index in [2.05, 4.69) is 15.1 Å². The van der Waals surface area contributed by atoms with E-state index in [4.69, 9.17) is 11.6 Å². The molecule has 1 aliphatic heterocycles. The number of hydrogen-bond donors (Lipinski definition) is 0. The van der Waals surface area contributed by atoms with Gasteiger partial charge in [-0.2, -0.15) is 5.10 Å². The molecule has 1 aliphatic rings. The molecule has 4 rings (SSSR count). The molecule has 0 spiro atoms. The molecule has 126 valence electrons. The van der Waals surface area contributed by atoms with Gasteiger partial charge >= 0.3 is 0 Å². The highest BCUT2D eigenvalue weighted by Crippen LogP contribution is 2.21. The van der Waals surface area contributed by atoms with E-state index >= 15 is 0 Å². The highest BCUT2D eigenvalue weighted by Gasteiger charge is 2.25. The monoisotopic (exact) mass is 353 g/mol. The van der Waals surface area contributed by atoms with Crippen molar-refractivity contribution in [3.05, 3.63) is 64.7 Å². The van der Waals surface area contributed by atoms with E-state index in [0.29, 0.717) is 24.1 Å². The number of amides is 1. The third-order valence-corrected chi connectivity index (χ3v) is 4.58. The molecule has 0 N–H and O–H groups in total. The first-order valence-electron chi connectivity index (χ1n) is 8.01. The molecular formula is C18H16ClN5O. The van der Waals surface area contributed by atoms with E-state index in [9.17, 15) is 4.79 Å². The number of pyridine rings is 1. The summed E-state index contributed by atoms with van der Waals surface area (Å²) in [5.41, 5.74) is 2.68. The van der Waals surface area contributed by atoms with Crippen LogP contribution in [0, 0.1) is 0 Å². The van der Waals surface area contributed by atoms with Crippen molar-refractivity contribution >= 4 is 17.5 Å². The van der Waals surface area contributed by atoms with Crippen molar-refractivity contribution in [3.63, 3.8) is 0 Å². The molecule has 3 heterocycles. The number of fused-ring (bicyclic) bond motifs is 1. The molecule has 0 atom stereocenters. The summed E-state index contributed by atoms with van der Waals surface area (Å²) in [4.78, 5) is 23.1. The Kier molecular flexibility index (Phi) is 3.97. The number of aryl methyl sites for hydroxylation is 1. The van der Waals surface area contributed by atoms with E-state index < -0.39 is 0 Å². The summed E-state index contributed by atoms with van der Waals surface area (Å²) < 4.78 is 1.71. The number of aromatic nitrogens is 4. The second kappa shape index (κ2) is 6.29. The SMILES string of the molecule is Cn1nc(-c2ccc(Cl)nc2)nc1CN1CCc2ccccc2C1=O. The molecule has 0 bridgehead atoms. The van der Waals surface area contributed by atoms with Gasteiger partial charge in [0.25, 0.3) is 5.91 Å². The molecule has 0 aliphatic carbocycles. The van der Waals surface area contributed by atoms with Crippen LogP contribution in [0.4, 0.5) is 0 Å². The molecule has 0 fully saturated rings. The van der Waals surface area contributed by atoms with Crippen LogP contribution in [-0.4, -0.2) is 37.1 Å². The van der Waals surface area contributed by atoms with Crippen LogP contribution in [0.2, 0.25) is 5.15 Å². The van der Waals surface area contributed by atoms with Crippen molar-refractivity contribution in [1.82, 2.24) is 24.6 Å². The van der Waals surface area contributed by atoms with Gasteiger partial charge in [0, 0.05) is 30.9 Å². The molecule has 1 amide bonds. The minimum atomic E-state index is 0.0413. The lowest BCUT2D eigenvalue weighted by atomic mass is 9.99. The Hall–Kier alpha value is -2.73. The third kappa shape index (κ3) is 3.00. The zero-order valence-electron chi connectivity index (χ0n) is 13.7. The summed E-state index contributed by atoms with van der Waals surface area (Å²) in [5, 5.41) is 4.86. The summed E-state index contributed by atoms with van der Waals surface area (Å²) in [7, 11) is 1.83. The Balaban J connectivity index is 1.58. The molecule has 3 aromatic rings. The first-order valence-corrected chi connectivity index (χ1v) is 8.38. The fourth-order valence-electron chi connectivity index (χ4n) is 2.98. The molecule has 0 unspecified atom stereocenters. The van der Waals surface area contributed by atoms with Crippen molar-refractivity contribution < 1.29 is 4.79 Å². The molecule has 2 aromatic heterocycles. The van der Waals surface area contributed by atoms with Crippen molar-refractivity contribution in [2.24, 2.45) is 7.05 Å². The Morgan fingerprint density at radius 1 is 1.20 bits per heavy atom. The largest absolute Gasteiger partial charge is 0.331 e. The van der Waals surface area contributed by atoms with Gasteiger partial charge in [-0.15, -0.1) is 0 Å². The van der Waals surface area contributed by atoms with E-state index in [1.54, 1.807) is 16.9 Å². The molecule has 0 saturated heterocycles. The van der Waals surface area contributed by atoms with E-state index in [1.807, 2.05) is 42.3 Å². The molecule has 0 saturated carbocycles. The highest BCUT2D eigenvalue weighted by atomic mass is 35.5. The maximum absolute atomic E-state index is 12.7. The highest BCUT2D eigenvalue weighted by molar-refractivity contribution is 6.29. The first-order chi connectivity index (χ1) is 12.1. The summed E-state index contributed by atoms with van der Waals surface area (Å²) in [6.07, 6.45) is 2.50. The molecular weight excluding hydrogens is 338 g/mol. The van der Waals surface area contributed by atoms with Crippen LogP contribution < -0.4 is 0 Å². The Morgan fingerprint density at radius 2 is 2.04 bits per heavy atom. The predicted octanol–water partition coefficient (Wildman–Crippen LogP) is 2.73. The molecule has 7 heteroatoms. The quantitative estimate of drug-likeness (QED) is 0.679. The number of halogens is 1. The Morgan fingerprint density at radius 3 is 2.84 bits per heavy atom. The maximum atomic E-state index is 12.7. The van der Waals surface area contributed by atoms with E-state index in [0.717, 1.165) is 28.9 Å². The smallest absolute Gasteiger partial charge is 0.254 e. The number of nitrogens with zero attached hydrogens (tertiary/aromatic N) is 5. The van der Waals surface area contributed by atoms with Crippen LogP contribution in [0.5, 0.6) is 0 Å². The van der Waals surface area contributed by atoms with Crippen LogP contribution in [-0.2, 0) is 20.0 Å². The zero-order valence-corrected chi connectivity index (χ0v) is 14.4. The number of carbonyl (C=O) groups excluding carboxylic acids is 1. The van der Waals surface area contributed by atoms with Crippen LogP contribution in [0.1, 0.15) is 21.7 Å². The second-order valence-electron chi connectivity index (χ2n) is 5.98. The summed E-state index contributed by atoms with van der Waals surface area (Å²) in [6, 6.07) is 11.3. The van der Waals surface area contributed by atoms with E-state index in [1.165, 1.54) is 0 Å². The average Bonchev–Trinajstić information content (AvgIpc) is 2.99. The summed E-state index contributed by atoms with van der Waals surface area (Å²) in [5.74, 6) is 1.35. The van der Waals surface area contributed by atoms with Gasteiger partial charge < -0.3 is 4.90 Å². The van der Waals surface area contributed by atoms with Gasteiger partial charge in [-0.25, -0.2) is 9.97 Å². The minimum absolute atomic E-state index is 0.0413. The van der Waals surface area contributed by atoms with Gasteiger partial charge in [0.2, 0.25) is 0 Å². The standard InChI is InChI=1S/C18H16ClN5O/c1-23-16(21-17(22-23)13-6-7-15(19)20-10-13)11-24-9-8-12-4-2-3-5-14(12)18(24)25/h2-7,10H,8-9,11H2,1H3. The van der Waals surface area contributed by atoms with Crippen molar-refractivity contribution in [2.75, 3.05) is 6.54 Å². The van der Waals surface area contributed by atoms with Gasteiger partial charge in [-0.3, -0.25) is 9.48 Å². The first kappa shape index (κ1) is 15.8. The molecule has 1 aromatic carbocycles. The number of rotatable bonds is 3. The normalized spacial score (nSPS) is 13.8. The topological polar surface area (TPSA) is 63.9 Å². The third-order valence-electron chi connectivity index (χ3n) is 4.36. The van der Waals surface area contributed by atoms with Crippen LogP contribution in [0.25, 0.3) is 11.4 Å². The maximum Gasteiger partial charge on any atom is 0.254 e. The lowest BCUT2D eigenvalue weighted by Crippen LogP contribution is -2.37. The van der Waals surface area contributed by atoms with Gasteiger partial charge in [0.1, 0.15) is 11.0 Å². The number of benzene rings is 1. The minimum Gasteiger partial charge on any atom is -0.331 e. The van der Waals surface area contributed by atoms with Gasteiger partial charge in [-0.1, -0.05) is 29.8 Å². The van der Waals surface area contributed by atoms with Crippen LogP contribution in [0.15, 0.2) is 42.6 Å². The fraction of sp³-hybridized carbons (Fsp3) is 0.222. The molecule has 0 radical (unpaired) electrons. The Bertz CT molecular complexity index is 935. The summed E-state index contributed by atoms with van der Waals surface area (Å²) in [6.45, 7) is 1.11. The van der Waals surface area contributed by atoms with Gasteiger partial charge in [0.15, 0.2) is 5.82 Å². The second-order valence-corrected chi connectivity index (χ2v) is 6.37. The molecule has 25 heavy (non-hydrogen) atoms. The van der Waals surface area contributed by atoms with Crippen molar-refractivity contribution in [2.45, 2.75) is 13.0 Å². The number of carbonyl (C=O) groups is 1. The Labute approximate surface area is 150 Å². The molecule has 6 nitrogen and oxygen atoms in total. The van der Waals surface area contributed by atoms with Crippen LogP contribution in [0.3, 0.4) is 0 Å². The summed E-state index contributed by atoms with van der Waals surface area (Å²) >= 11 is 5.82. The van der Waals surface area contributed by atoms with Gasteiger partial charge in [-0.05, 0) is 30.2 Å². The van der Waals surface area contributed by atoms with Crippen molar-refractivity contribution in [3.8, 4) is 11.4 Å². The predicted molar refractivity (Wildman–Crippen MR) is 94.1 cm³/mol. The van der Waals surface area contributed by atoms with Crippen molar-refractivity contribution in [1.29, 1.82) is 0 Å². The fourth-order valence-corrected chi connectivity index (χ4v) is 3.09. The average molecular weight is 354 g/mol.